The number of aromatic nitrogens is 2. The molecule has 1 aliphatic rings. The molecule has 1 aromatic heterocycles. The van der Waals surface area contributed by atoms with Crippen molar-refractivity contribution in [3.63, 3.8) is 0 Å². The van der Waals surface area contributed by atoms with Gasteiger partial charge in [0.05, 0.1) is 11.9 Å². The maximum Gasteiger partial charge on any atom is 0.229 e. The maximum atomic E-state index is 11.8. The number of anilines is 2. The van der Waals surface area contributed by atoms with Gasteiger partial charge in [-0.1, -0.05) is 11.8 Å². The molecule has 6 nitrogen and oxygen atoms in total. The van der Waals surface area contributed by atoms with Crippen LogP contribution in [0.5, 0.6) is 0 Å². The summed E-state index contributed by atoms with van der Waals surface area (Å²) >= 11 is 1.18. The average Bonchev–Trinajstić information content (AvgIpc) is 2.59. The van der Waals surface area contributed by atoms with Gasteiger partial charge in [-0.25, -0.2) is 9.97 Å². The van der Waals surface area contributed by atoms with Crippen molar-refractivity contribution in [3.05, 3.63) is 12.5 Å². The lowest BCUT2D eigenvalue weighted by atomic mass is 10.4. The molecule has 1 saturated heterocycles. The molecule has 0 spiro atoms. The standard InChI is InChI=1S/C10H12N4O2S/c1-6(15)17-7-2-9(16)14(4-7)10-8(11)3-12-5-13-10/h3,5,7H,2,4,11H2,1H3. The number of amides is 1. The Kier molecular flexibility index (Phi) is 3.28. The quantitative estimate of drug-likeness (QED) is 0.821. The largest absolute Gasteiger partial charge is 0.394 e. The second kappa shape index (κ2) is 4.70. The smallest absolute Gasteiger partial charge is 0.229 e. The number of rotatable bonds is 2. The van der Waals surface area contributed by atoms with Gasteiger partial charge < -0.3 is 5.73 Å². The van der Waals surface area contributed by atoms with Crippen LogP contribution in [0.2, 0.25) is 0 Å². The Morgan fingerprint density at radius 1 is 1.65 bits per heavy atom. The second-order valence-corrected chi connectivity index (χ2v) is 5.22. The molecule has 1 aromatic rings. The zero-order valence-corrected chi connectivity index (χ0v) is 10.1. The van der Waals surface area contributed by atoms with E-state index in [9.17, 15) is 9.59 Å². The van der Waals surface area contributed by atoms with Crippen LogP contribution in [0.25, 0.3) is 0 Å². The third-order valence-corrected chi connectivity index (χ3v) is 3.38. The van der Waals surface area contributed by atoms with E-state index >= 15 is 0 Å². The van der Waals surface area contributed by atoms with Crippen molar-refractivity contribution in [3.8, 4) is 0 Å². The minimum atomic E-state index is -0.0610. The first-order chi connectivity index (χ1) is 8.08. The highest BCUT2D eigenvalue weighted by Crippen LogP contribution is 2.29. The van der Waals surface area contributed by atoms with E-state index in [1.807, 2.05) is 0 Å². The van der Waals surface area contributed by atoms with E-state index in [0.29, 0.717) is 24.5 Å². The number of hydrogen-bond acceptors (Lipinski definition) is 6. The lowest BCUT2D eigenvalue weighted by Crippen LogP contribution is -2.27. The number of nitrogens with zero attached hydrogens (tertiary/aromatic N) is 3. The molecule has 1 aliphatic heterocycles. The summed E-state index contributed by atoms with van der Waals surface area (Å²) in [6, 6.07) is 0. The molecule has 90 valence electrons. The van der Waals surface area contributed by atoms with Crippen LogP contribution in [0.4, 0.5) is 11.5 Å². The fourth-order valence-electron chi connectivity index (χ4n) is 1.75. The Labute approximate surface area is 103 Å². The van der Waals surface area contributed by atoms with E-state index in [-0.39, 0.29) is 16.3 Å². The van der Waals surface area contributed by atoms with Gasteiger partial charge in [-0.3, -0.25) is 14.5 Å². The molecule has 2 rings (SSSR count). The topological polar surface area (TPSA) is 89.2 Å². The summed E-state index contributed by atoms with van der Waals surface area (Å²) in [7, 11) is 0. The molecule has 0 radical (unpaired) electrons. The Bertz CT molecular complexity index is 465. The second-order valence-electron chi connectivity index (χ2n) is 3.74. The molecular formula is C10H12N4O2S. The summed E-state index contributed by atoms with van der Waals surface area (Å²) in [5.41, 5.74) is 6.09. The summed E-state index contributed by atoms with van der Waals surface area (Å²) in [6.07, 6.45) is 3.15. The van der Waals surface area contributed by atoms with Crippen molar-refractivity contribution in [2.75, 3.05) is 17.2 Å². The van der Waals surface area contributed by atoms with Crippen molar-refractivity contribution in [2.24, 2.45) is 0 Å². The monoisotopic (exact) mass is 252 g/mol. The number of carbonyl (C=O) groups excluding carboxylic acids is 2. The summed E-state index contributed by atoms with van der Waals surface area (Å²) < 4.78 is 0. The van der Waals surface area contributed by atoms with Gasteiger partial charge in [-0.05, 0) is 0 Å². The Morgan fingerprint density at radius 2 is 2.41 bits per heavy atom. The first kappa shape index (κ1) is 11.8. The number of nitrogen functional groups attached to an aromatic ring is 1. The van der Waals surface area contributed by atoms with Gasteiger partial charge in [0.1, 0.15) is 6.33 Å². The third kappa shape index (κ3) is 2.55. The Hall–Kier alpha value is -1.63. The van der Waals surface area contributed by atoms with E-state index in [1.165, 1.54) is 36.1 Å². The van der Waals surface area contributed by atoms with Crippen molar-refractivity contribution >= 4 is 34.3 Å². The minimum absolute atomic E-state index is 0.0142. The van der Waals surface area contributed by atoms with Crippen LogP contribution in [0.15, 0.2) is 12.5 Å². The fraction of sp³-hybridized carbons (Fsp3) is 0.400. The van der Waals surface area contributed by atoms with Gasteiger partial charge in [0.15, 0.2) is 10.9 Å². The Balaban J connectivity index is 2.16. The lowest BCUT2D eigenvalue weighted by molar-refractivity contribution is -0.117. The van der Waals surface area contributed by atoms with Crippen LogP contribution >= 0.6 is 11.8 Å². The maximum absolute atomic E-state index is 11.8. The molecule has 0 bridgehead atoms. The number of nitrogens with two attached hydrogens (primary N) is 1. The number of carbonyl (C=O) groups is 2. The van der Waals surface area contributed by atoms with Crippen LogP contribution < -0.4 is 10.6 Å². The third-order valence-electron chi connectivity index (χ3n) is 2.40. The van der Waals surface area contributed by atoms with E-state index in [4.69, 9.17) is 5.73 Å². The molecule has 1 fully saturated rings. The lowest BCUT2D eigenvalue weighted by Gasteiger charge is -2.16. The van der Waals surface area contributed by atoms with Crippen LogP contribution in [0.3, 0.4) is 0 Å². The highest BCUT2D eigenvalue weighted by Gasteiger charge is 2.33. The molecule has 7 heteroatoms. The predicted octanol–water partition coefficient (Wildman–Crippen LogP) is 0.444. The molecule has 1 amide bonds. The molecule has 1 atom stereocenters. The van der Waals surface area contributed by atoms with Crippen LogP contribution in [0.1, 0.15) is 13.3 Å². The van der Waals surface area contributed by atoms with Gasteiger partial charge >= 0.3 is 0 Å². The minimum Gasteiger partial charge on any atom is -0.394 e. The first-order valence-corrected chi connectivity index (χ1v) is 5.99. The summed E-state index contributed by atoms with van der Waals surface area (Å²) in [4.78, 5) is 32.1. The van der Waals surface area contributed by atoms with E-state index < -0.39 is 0 Å². The van der Waals surface area contributed by atoms with Gasteiger partial charge in [0.25, 0.3) is 0 Å². The molecule has 0 aliphatic carbocycles. The van der Waals surface area contributed by atoms with Crippen molar-refractivity contribution in [1.82, 2.24) is 9.97 Å². The van der Waals surface area contributed by atoms with Crippen molar-refractivity contribution in [1.29, 1.82) is 0 Å². The summed E-state index contributed by atoms with van der Waals surface area (Å²) in [5.74, 6) is 0.366. The Morgan fingerprint density at radius 3 is 3.06 bits per heavy atom. The van der Waals surface area contributed by atoms with E-state index in [2.05, 4.69) is 9.97 Å². The highest BCUT2D eigenvalue weighted by molar-refractivity contribution is 8.14. The molecule has 0 aromatic carbocycles. The number of thioether (sulfide) groups is 1. The first-order valence-electron chi connectivity index (χ1n) is 5.11. The van der Waals surface area contributed by atoms with Crippen molar-refractivity contribution in [2.45, 2.75) is 18.6 Å². The van der Waals surface area contributed by atoms with Gasteiger partial charge in [0.2, 0.25) is 5.91 Å². The zero-order valence-electron chi connectivity index (χ0n) is 9.29. The van der Waals surface area contributed by atoms with E-state index in [1.54, 1.807) is 0 Å². The number of hydrogen-bond donors (Lipinski definition) is 1. The average molecular weight is 252 g/mol. The van der Waals surface area contributed by atoms with Gasteiger partial charge in [-0.2, -0.15) is 0 Å². The van der Waals surface area contributed by atoms with Crippen LogP contribution in [-0.2, 0) is 9.59 Å². The van der Waals surface area contributed by atoms with Gasteiger partial charge in [0, 0.05) is 25.1 Å². The molecule has 1 unspecified atom stereocenters. The van der Waals surface area contributed by atoms with E-state index in [0.717, 1.165) is 0 Å². The molecule has 0 saturated carbocycles. The summed E-state index contributed by atoms with van der Waals surface area (Å²) in [6.45, 7) is 1.96. The highest BCUT2D eigenvalue weighted by atomic mass is 32.2. The fourth-order valence-corrected chi connectivity index (χ4v) is 2.67. The predicted molar refractivity (Wildman–Crippen MR) is 65.5 cm³/mol. The van der Waals surface area contributed by atoms with Gasteiger partial charge in [-0.15, -0.1) is 0 Å². The molecular weight excluding hydrogens is 240 g/mol. The molecule has 2 N–H and O–H groups in total. The SMILES string of the molecule is CC(=O)SC1CC(=O)N(c2ncncc2N)C1. The van der Waals surface area contributed by atoms with Crippen LogP contribution in [0, 0.1) is 0 Å². The van der Waals surface area contributed by atoms with Crippen molar-refractivity contribution < 1.29 is 9.59 Å². The normalized spacial score (nSPS) is 19.7. The molecule has 2 heterocycles. The summed E-state index contributed by atoms with van der Waals surface area (Å²) in [5, 5.41) is -0.00493. The van der Waals surface area contributed by atoms with Crippen LogP contribution in [-0.4, -0.2) is 32.8 Å². The molecule has 17 heavy (non-hydrogen) atoms. The zero-order chi connectivity index (χ0) is 12.4.